The number of ether oxygens (including phenoxy) is 1. The minimum Gasteiger partial charge on any atom is -0.494 e. The third kappa shape index (κ3) is 3.97. The van der Waals surface area contributed by atoms with Crippen LogP contribution in [-0.4, -0.2) is 27.2 Å². The molecule has 1 aromatic heterocycles. The molecule has 0 saturated carbocycles. The number of carbonyl (C=O) groups is 1. The lowest BCUT2D eigenvalue weighted by Crippen LogP contribution is -2.27. The Hall–Kier alpha value is -2.86. The Morgan fingerprint density at radius 2 is 2.08 bits per heavy atom. The molecule has 3 rings (SSSR count). The third-order valence-electron chi connectivity index (χ3n) is 3.88. The third-order valence-corrected chi connectivity index (χ3v) is 3.88. The molecule has 6 heteroatoms. The van der Waals surface area contributed by atoms with Crippen molar-refractivity contribution in [3.8, 4) is 5.75 Å². The van der Waals surface area contributed by atoms with E-state index >= 15 is 0 Å². The van der Waals surface area contributed by atoms with Crippen LogP contribution in [0.5, 0.6) is 5.75 Å². The van der Waals surface area contributed by atoms with Crippen molar-refractivity contribution >= 4 is 16.9 Å². The lowest BCUT2D eigenvalue weighted by Gasteiger charge is -2.10. The number of aromatic nitrogens is 2. The van der Waals surface area contributed by atoms with Crippen molar-refractivity contribution in [3.05, 3.63) is 59.9 Å². The molecule has 1 heterocycles. The van der Waals surface area contributed by atoms with Crippen LogP contribution in [0, 0.1) is 0 Å². The van der Waals surface area contributed by atoms with Gasteiger partial charge in [-0.05, 0) is 36.8 Å². The van der Waals surface area contributed by atoms with Crippen molar-refractivity contribution in [1.82, 2.24) is 14.9 Å². The van der Waals surface area contributed by atoms with Crippen molar-refractivity contribution in [2.75, 3.05) is 6.61 Å². The molecule has 0 atom stereocenters. The second-order valence-electron chi connectivity index (χ2n) is 5.62. The number of carbonyl (C=O) groups excluding carboxylic acids is 1. The molecule has 2 N–H and O–H groups in total. The fourth-order valence-corrected chi connectivity index (χ4v) is 2.73. The molecule has 0 aliphatic carbocycles. The molecule has 0 spiro atoms. The maximum Gasteiger partial charge on any atom is 0.240 e. The summed E-state index contributed by atoms with van der Waals surface area (Å²) in [5, 5.41) is 12.4. The van der Waals surface area contributed by atoms with Gasteiger partial charge >= 0.3 is 0 Å². The summed E-state index contributed by atoms with van der Waals surface area (Å²) in [5.41, 5.74) is 2.57. The van der Waals surface area contributed by atoms with E-state index in [1.54, 1.807) is 4.57 Å². The number of para-hydroxylation sites is 2. The topological polar surface area (TPSA) is 76.4 Å². The summed E-state index contributed by atoms with van der Waals surface area (Å²) < 4.78 is 7.20. The number of hydrogen-bond acceptors (Lipinski definition) is 4. The molecule has 130 valence electrons. The summed E-state index contributed by atoms with van der Waals surface area (Å²) >= 11 is 0. The molecule has 3 aromatic rings. The number of fused-ring (bicyclic) bond motifs is 1. The molecule has 0 radical (unpaired) electrons. The molecule has 1 amide bonds. The van der Waals surface area contributed by atoms with Crippen molar-refractivity contribution in [3.63, 3.8) is 0 Å². The van der Waals surface area contributed by atoms with Crippen LogP contribution in [0.4, 0.5) is 0 Å². The molecule has 0 aliphatic heterocycles. The smallest absolute Gasteiger partial charge is 0.240 e. The number of benzene rings is 2. The van der Waals surface area contributed by atoms with Gasteiger partial charge in [0.2, 0.25) is 5.91 Å². The highest BCUT2D eigenvalue weighted by atomic mass is 16.5. The first-order valence-corrected chi connectivity index (χ1v) is 8.24. The first kappa shape index (κ1) is 17.0. The predicted octanol–water partition coefficient (Wildman–Crippen LogP) is 2.24. The normalized spacial score (nSPS) is 10.8. The van der Waals surface area contributed by atoms with Gasteiger partial charge in [0, 0.05) is 6.54 Å². The summed E-state index contributed by atoms with van der Waals surface area (Å²) in [4.78, 5) is 16.7. The molecule has 0 fully saturated rings. The fourth-order valence-electron chi connectivity index (χ4n) is 2.73. The van der Waals surface area contributed by atoms with E-state index < -0.39 is 0 Å². The zero-order valence-corrected chi connectivity index (χ0v) is 14.1. The summed E-state index contributed by atoms with van der Waals surface area (Å²) in [6, 6.07) is 15.2. The zero-order chi connectivity index (χ0) is 17.6. The van der Waals surface area contributed by atoms with Crippen LogP contribution in [0.1, 0.15) is 18.3 Å². The first-order chi connectivity index (χ1) is 12.2. The molecule has 0 aliphatic rings. The minimum atomic E-state index is -0.210. The van der Waals surface area contributed by atoms with E-state index in [1.165, 1.54) is 0 Å². The van der Waals surface area contributed by atoms with E-state index in [4.69, 9.17) is 4.74 Å². The van der Waals surface area contributed by atoms with Crippen LogP contribution in [0.3, 0.4) is 0 Å². The Balaban J connectivity index is 1.68. The second-order valence-corrected chi connectivity index (χ2v) is 5.62. The van der Waals surface area contributed by atoms with Crippen LogP contribution in [0.2, 0.25) is 0 Å². The molecule has 6 nitrogen and oxygen atoms in total. The van der Waals surface area contributed by atoms with E-state index in [-0.39, 0.29) is 19.1 Å². The van der Waals surface area contributed by atoms with Crippen molar-refractivity contribution in [2.24, 2.45) is 0 Å². The number of aliphatic hydroxyl groups is 1. The Labute approximate surface area is 146 Å². The fraction of sp³-hybridized carbons (Fsp3) is 0.263. The molecular weight excluding hydrogens is 318 g/mol. The molecule has 2 aromatic carbocycles. The number of hydrogen-bond donors (Lipinski definition) is 2. The maximum atomic E-state index is 12.3. The number of aliphatic hydroxyl groups excluding tert-OH is 1. The van der Waals surface area contributed by atoms with Crippen molar-refractivity contribution in [2.45, 2.75) is 26.6 Å². The van der Waals surface area contributed by atoms with E-state index in [2.05, 4.69) is 10.3 Å². The minimum absolute atomic E-state index is 0.113. The van der Waals surface area contributed by atoms with Gasteiger partial charge in [-0.15, -0.1) is 0 Å². The van der Waals surface area contributed by atoms with Crippen LogP contribution in [0.25, 0.3) is 11.0 Å². The lowest BCUT2D eigenvalue weighted by molar-refractivity contribution is -0.121. The van der Waals surface area contributed by atoms with Crippen LogP contribution >= 0.6 is 0 Å². The number of amides is 1. The number of rotatable bonds is 7. The summed E-state index contributed by atoms with van der Waals surface area (Å²) in [6.07, 6.45) is 0. The largest absolute Gasteiger partial charge is 0.494 e. The summed E-state index contributed by atoms with van der Waals surface area (Å²) in [6.45, 7) is 2.86. The SMILES string of the molecule is CCOc1cccc(CNC(=O)Cn2c(CO)nc3ccccc32)c1. The highest BCUT2D eigenvalue weighted by Crippen LogP contribution is 2.16. The van der Waals surface area contributed by atoms with Crippen LogP contribution in [-0.2, 0) is 24.5 Å². The van der Waals surface area contributed by atoms with Gasteiger partial charge in [-0.2, -0.15) is 0 Å². The van der Waals surface area contributed by atoms with Gasteiger partial charge < -0.3 is 19.7 Å². The van der Waals surface area contributed by atoms with Crippen LogP contribution < -0.4 is 10.1 Å². The molecular formula is C19H21N3O3. The molecule has 25 heavy (non-hydrogen) atoms. The van der Waals surface area contributed by atoms with E-state index in [0.29, 0.717) is 19.0 Å². The van der Waals surface area contributed by atoms with E-state index in [9.17, 15) is 9.90 Å². The summed E-state index contributed by atoms with van der Waals surface area (Å²) in [5.74, 6) is 1.13. The van der Waals surface area contributed by atoms with E-state index in [0.717, 1.165) is 22.3 Å². The number of nitrogens with zero attached hydrogens (tertiary/aromatic N) is 2. The quantitative estimate of drug-likeness (QED) is 0.692. The van der Waals surface area contributed by atoms with Gasteiger partial charge in [0.25, 0.3) is 0 Å². The summed E-state index contributed by atoms with van der Waals surface area (Å²) in [7, 11) is 0. The molecule has 0 bridgehead atoms. The van der Waals surface area contributed by atoms with Crippen molar-refractivity contribution < 1.29 is 14.6 Å². The Bertz CT molecular complexity index is 873. The van der Waals surface area contributed by atoms with Gasteiger partial charge in [-0.3, -0.25) is 4.79 Å². The Morgan fingerprint density at radius 3 is 2.88 bits per heavy atom. The average molecular weight is 339 g/mol. The zero-order valence-electron chi connectivity index (χ0n) is 14.1. The highest BCUT2D eigenvalue weighted by molar-refractivity contribution is 5.81. The van der Waals surface area contributed by atoms with Gasteiger partial charge in [-0.1, -0.05) is 24.3 Å². The van der Waals surface area contributed by atoms with Crippen LogP contribution in [0.15, 0.2) is 48.5 Å². The maximum absolute atomic E-state index is 12.3. The highest BCUT2D eigenvalue weighted by Gasteiger charge is 2.12. The van der Waals surface area contributed by atoms with Crippen molar-refractivity contribution in [1.29, 1.82) is 0 Å². The van der Waals surface area contributed by atoms with E-state index in [1.807, 2.05) is 55.5 Å². The first-order valence-electron chi connectivity index (χ1n) is 8.24. The lowest BCUT2D eigenvalue weighted by atomic mass is 10.2. The number of imidazole rings is 1. The second kappa shape index (κ2) is 7.81. The van der Waals surface area contributed by atoms with Gasteiger partial charge in [0.05, 0.1) is 17.6 Å². The standard InChI is InChI=1S/C19H21N3O3/c1-2-25-15-7-5-6-14(10-15)11-20-19(24)12-22-17-9-4-3-8-16(17)21-18(22)13-23/h3-10,23H,2,11-13H2,1H3,(H,20,24). The monoisotopic (exact) mass is 339 g/mol. The Kier molecular flexibility index (Phi) is 5.30. The van der Waals surface area contributed by atoms with Gasteiger partial charge in [0.1, 0.15) is 24.7 Å². The predicted molar refractivity (Wildman–Crippen MR) is 95.1 cm³/mol. The Morgan fingerprint density at radius 1 is 1.24 bits per heavy atom. The molecule has 0 unspecified atom stereocenters. The average Bonchev–Trinajstić information content (AvgIpc) is 2.98. The van der Waals surface area contributed by atoms with Gasteiger partial charge in [0.15, 0.2) is 0 Å². The molecule has 0 saturated heterocycles. The van der Waals surface area contributed by atoms with Gasteiger partial charge in [-0.25, -0.2) is 4.98 Å². The number of nitrogens with one attached hydrogen (secondary N) is 1.